The van der Waals surface area contributed by atoms with Gasteiger partial charge in [0.1, 0.15) is 5.82 Å². The Balaban J connectivity index is 1.85. The Morgan fingerprint density at radius 3 is 2.65 bits per heavy atom. The molecule has 0 fully saturated rings. The van der Waals surface area contributed by atoms with Crippen molar-refractivity contribution < 1.29 is 0 Å². The van der Waals surface area contributed by atoms with E-state index in [-0.39, 0.29) is 11.5 Å². The first-order valence-corrected chi connectivity index (χ1v) is 8.74. The molecule has 4 heterocycles. The molecule has 4 rings (SSSR count). The van der Waals surface area contributed by atoms with Gasteiger partial charge in [0.05, 0.1) is 17.8 Å². The molecule has 0 aliphatic carbocycles. The molecule has 0 aromatic carbocycles. The monoisotopic (exact) mass is 346 g/mol. The first-order chi connectivity index (χ1) is 12.5. The molecule has 6 nitrogen and oxygen atoms in total. The van der Waals surface area contributed by atoms with Crippen LogP contribution in [-0.4, -0.2) is 29.1 Å². The molecule has 0 saturated carbocycles. The van der Waals surface area contributed by atoms with E-state index in [0.717, 1.165) is 23.5 Å². The molecular weight excluding hydrogens is 324 g/mol. The molecule has 4 aromatic rings. The lowest BCUT2D eigenvalue weighted by atomic mass is 9.85. The average molecular weight is 346 g/mol. The van der Waals surface area contributed by atoms with Crippen molar-refractivity contribution in [2.24, 2.45) is 5.41 Å². The van der Waals surface area contributed by atoms with E-state index in [9.17, 15) is 0 Å². The van der Waals surface area contributed by atoms with Gasteiger partial charge in [0, 0.05) is 37.2 Å². The van der Waals surface area contributed by atoms with Crippen LogP contribution in [0.3, 0.4) is 0 Å². The second kappa shape index (κ2) is 6.37. The van der Waals surface area contributed by atoms with Gasteiger partial charge in [-0.2, -0.15) is 5.10 Å². The lowest BCUT2D eigenvalue weighted by Crippen LogP contribution is -2.19. The predicted octanol–water partition coefficient (Wildman–Crippen LogP) is 4.01. The van der Waals surface area contributed by atoms with E-state index < -0.39 is 0 Å². The summed E-state index contributed by atoms with van der Waals surface area (Å²) in [6.45, 7) is 6.76. The molecule has 0 amide bonds. The number of hydrogen-bond donors (Lipinski definition) is 0. The zero-order valence-electron chi connectivity index (χ0n) is 15.2. The Kier molecular flexibility index (Phi) is 4.03. The number of hydrogen-bond acceptors (Lipinski definition) is 4. The molecular formula is C20H22N6. The quantitative estimate of drug-likeness (QED) is 0.560. The van der Waals surface area contributed by atoms with Crippen LogP contribution in [0.2, 0.25) is 0 Å². The molecule has 0 bridgehead atoms. The SMILES string of the molecule is CC(C)(C)CC(c1cccnc1)n1ccnc1-c1cnn2cccnc12. The fourth-order valence-corrected chi connectivity index (χ4v) is 3.29. The fraction of sp³-hybridized carbons (Fsp3) is 0.300. The summed E-state index contributed by atoms with van der Waals surface area (Å²) in [6.07, 6.45) is 14.1. The second-order valence-corrected chi connectivity index (χ2v) is 7.67. The van der Waals surface area contributed by atoms with Crippen molar-refractivity contribution >= 4 is 5.65 Å². The first kappa shape index (κ1) is 16.4. The summed E-state index contributed by atoms with van der Waals surface area (Å²) < 4.78 is 3.99. The molecule has 4 aromatic heterocycles. The van der Waals surface area contributed by atoms with Crippen LogP contribution in [0.1, 0.15) is 38.8 Å². The summed E-state index contributed by atoms with van der Waals surface area (Å²) >= 11 is 0. The van der Waals surface area contributed by atoms with Crippen LogP contribution in [0.25, 0.3) is 17.0 Å². The smallest absolute Gasteiger partial charge is 0.165 e. The van der Waals surface area contributed by atoms with Crippen molar-refractivity contribution in [3.8, 4) is 11.4 Å². The van der Waals surface area contributed by atoms with Crippen molar-refractivity contribution in [2.75, 3.05) is 0 Å². The van der Waals surface area contributed by atoms with E-state index >= 15 is 0 Å². The number of fused-ring (bicyclic) bond motifs is 1. The minimum absolute atomic E-state index is 0.139. The van der Waals surface area contributed by atoms with Gasteiger partial charge in [-0.3, -0.25) is 4.98 Å². The van der Waals surface area contributed by atoms with Gasteiger partial charge in [-0.15, -0.1) is 0 Å². The van der Waals surface area contributed by atoms with Crippen molar-refractivity contribution in [2.45, 2.75) is 33.2 Å². The normalized spacial score (nSPS) is 13.2. The van der Waals surface area contributed by atoms with E-state index in [4.69, 9.17) is 0 Å². The minimum atomic E-state index is 0.139. The van der Waals surface area contributed by atoms with E-state index in [1.807, 2.05) is 49.3 Å². The molecule has 0 radical (unpaired) electrons. The Labute approximate surface area is 152 Å². The maximum Gasteiger partial charge on any atom is 0.165 e. The van der Waals surface area contributed by atoms with Gasteiger partial charge in [-0.1, -0.05) is 26.8 Å². The van der Waals surface area contributed by atoms with E-state index in [0.29, 0.717) is 0 Å². The summed E-state index contributed by atoms with van der Waals surface area (Å²) in [5.41, 5.74) is 3.06. The molecule has 0 spiro atoms. The van der Waals surface area contributed by atoms with Crippen LogP contribution in [-0.2, 0) is 0 Å². The number of rotatable bonds is 4. The molecule has 6 heteroatoms. The standard InChI is InChI=1S/C20H22N6/c1-20(2,3)12-17(15-6-4-7-21-13-15)25-11-9-23-18(25)16-14-24-26-10-5-8-22-19(16)26/h4-11,13-14,17H,12H2,1-3H3. The third-order valence-electron chi connectivity index (χ3n) is 4.40. The van der Waals surface area contributed by atoms with E-state index in [1.54, 1.807) is 10.7 Å². The number of imidazole rings is 1. The first-order valence-electron chi connectivity index (χ1n) is 8.74. The summed E-state index contributed by atoms with van der Waals surface area (Å²) in [4.78, 5) is 13.4. The van der Waals surface area contributed by atoms with E-state index in [1.165, 1.54) is 5.56 Å². The Hall–Kier alpha value is -3.02. The molecule has 132 valence electrons. The lowest BCUT2D eigenvalue weighted by Gasteiger charge is -2.28. The van der Waals surface area contributed by atoms with Crippen LogP contribution < -0.4 is 0 Å². The molecule has 0 N–H and O–H groups in total. The second-order valence-electron chi connectivity index (χ2n) is 7.67. The zero-order valence-corrected chi connectivity index (χ0v) is 15.2. The fourth-order valence-electron chi connectivity index (χ4n) is 3.29. The summed E-state index contributed by atoms with van der Waals surface area (Å²) in [7, 11) is 0. The molecule has 26 heavy (non-hydrogen) atoms. The summed E-state index contributed by atoms with van der Waals surface area (Å²) in [5.74, 6) is 0.872. The molecule has 0 saturated heterocycles. The number of nitrogens with zero attached hydrogens (tertiary/aromatic N) is 6. The third kappa shape index (κ3) is 3.10. The maximum absolute atomic E-state index is 4.63. The lowest BCUT2D eigenvalue weighted by molar-refractivity contribution is 0.319. The molecule has 0 aliphatic heterocycles. The highest BCUT2D eigenvalue weighted by Crippen LogP contribution is 2.35. The van der Waals surface area contributed by atoms with Crippen LogP contribution in [0.5, 0.6) is 0 Å². The molecule has 1 atom stereocenters. The van der Waals surface area contributed by atoms with Crippen molar-refractivity contribution in [3.05, 3.63) is 67.1 Å². The van der Waals surface area contributed by atoms with Gasteiger partial charge in [0.2, 0.25) is 0 Å². The average Bonchev–Trinajstić information content (AvgIpc) is 3.26. The largest absolute Gasteiger partial charge is 0.323 e. The molecule has 1 unspecified atom stereocenters. The van der Waals surface area contributed by atoms with Crippen molar-refractivity contribution in [1.29, 1.82) is 0 Å². The summed E-state index contributed by atoms with van der Waals surface area (Å²) in [5, 5.41) is 4.41. The highest BCUT2D eigenvalue weighted by Gasteiger charge is 2.25. The zero-order chi connectivity index (χ0) is 18.1. The van der Waals surface area contributed by atoms with Crippen LogP contribution in [0, 0.1) is 5.41 Å². The Bertz CT molecular complexity index is 1010. The van der Waals surface area contributed by atoms with Crippen molar-refractivity contribution in [1.82, 2.24) is 29.1 Å². The maximum atomic E-state index is 4.63. The Morgan fingerprint density at radius 1 is 1.00 bits per heavy atom. The van der Waals surface area contributed by atoms with Gasteiger partial charge in [-0.25, -0.2) is 14.5 Å². The van der Waals surface area contributed by atoms with Crippen molar-refractivity contribution in [3.63, 3.8) is 0 Å². The summed E-state index contributed by atoms with van der Waals surface area (Å²) in [6, 6.07) is 6.12. The highest BCUT2D eigenvalue weighted by atomic mass is 15.2. The van der Waals surface area contributed by atoms with Crippen LogP contribution in [0.4, 0.5) is 0 Å². The highest BCUT2D eigenvalue weighted by molar-refractivity contribution is 5.72. The minimum Gasteiger partial charge on any atom is -0.323 e. The van der Waals surface area contributed by atoms with Gasteiger partial charge >= 0.3 is 0 Å². The number of pyridine rings is 1. The van der Waals surface area contributed by atoms with Gasteiger partial charge in [-0.05, 0) is 29.5 Å². The van der Waals surface area contributed by atoms with Crippen LogP contribution >= 0.6 is 0 Å². The molecule has 0 aliphatic rings. The predicted molar refractivity (Wildman–Crippen MR) is 101 cm³/mol. The topological polar surface area (TPSA) is 60.9 Å². The van der Waals surface area contributed by atoms with Gasteiger partial charge in [0.25, 0.3) is 0 Å². The van der Waals surface area contributed by atoms with Gasteiger partial charge < -0.3 is 4.57 Å². The van der Waals surface area contributed by atoms with E-state index in [2.05, 4.69) is 51.5 Å². The van der Waals surface area contributed by atoms with Gasteiger partial charge in [0.15, 0.2) is 5.65 Å². The Morgan fingerprint density at radius 2 is 1.88 bits per heavy atom. The van der Waals surface area contributed by atoms with Crippen LogP contribution in [0.15, 0.2) is 61.6 Å². The number of aromatic nitrogens is 6. The third-order valence-corrected chi connectivity index (χ3v) is 4.40.